The van der Waals surface area contributed by atoms with Crippen molar-refractivity contribution in [1.29, 1.82) is 0 Å². The molecule has 0 amide bonds. The third kappa shape index (κ3) is 66.0. The minimum Gasteiger partial charge on any atom is -0.462 e. The normalized spacial score (nSPS) is 14.7. The van der Waals surface area contributed by atoms with Crippen LogP contribution in [0.5, 0.6) is 0 Å². The van der Waals surface area contributed by atoms with Crippen molar-refractivity contribution in [2.75, 3.05) is 39.6 Å². The molecule has 17 nitrogen and oxygen atoms in total. The molecule has 0 fully saturated rings. The summed E-state index contributed by atoms with van der Waals surface area (Å²) >= 11 is 0. The SMILES string of the molecule is CCC(C)CCCCCCCCCCCCCCCCC(=O)O[C@H](COC(=O)CCCCCCCCCCCCC(C)CC)COP(=O)(O)OCC(O)COP(=O)(O)OC[C@@H](COC(=O)CCCCCCCCCC(C)C)OC(=O)CCCCCCCCCCCC(C)C. The Labute approximate surface area is 575 Å². The monoisotopic (exact) mass is 1380 g/mol. The van der Waals surface area contributed by atoms with Crippen LogP contribution in [0, 0.1) is 23.7 Å². The zero-order valence-corrected chi connectivity index (χ0v) is 63.4. The predicted octanol–water partition coefficient (Wildman–Crippen LogP) is 21.7. The minimum absolute atomic E-state index is 0.104. The Bertz CT molecular complexity index is 1850. The summed E-state index contributed by atoms with van der Waals surface area (Å²) in [4.78, 5) is 72.8. The highest BCUT2D eigenvalue weighted by Crippen LogP contribution is 2.45. The summed E-state index contributed by atoms with van der Waals surface area (Å²) in [6, 6.07) is 0. The molecule has 0 saturated heterocycles. The average Bonchev–Trinajstić information content (AvgIpc) is 2.46. The van der Waals surface area contributed by atoms with Crippen molar-refractivity contribution in [1.82, 2.24) is 0 Å². The first-order valence-corrected chi connectivity index (χ1v) is 41.8. The number of aliphatic hydroxyl groups is 1. The Balaban J connectivity index is 5.25. The highest BCUT2D eigenvalue weighted by atomic mass is 31.2. The van der Waals surface area contributed by atoms with Gasteiger partial charge in [0.1, 0.15) is 19.3 Å². The number of phosphoric ester groups is 2. The van der Waals surface area contributed by atoms with Gasteiger partial charge in [-0.3, -0.25) is 37.3 Å². The maximum Gasteiger partial charge on any atom is 0.472 e. The molecular formula is C75H146O17P2. The van der Waals surface area contributed by atoms with Crippen molar-refractivity contribution in [2.45, 2.75) is 395 Å². The van der Waals surface area contributed by atoms with E-state index in [4.69, 9.17) is 37.0 Å². The number of hydrogen-bond donors (Lipinski definition) is 3. The molecular weight excluding hydrogens is 1230 g/mol. The van der Waals surface area contributed by atoms with Gasteiger partial charge in [0.15, 0.2) is 12.2 Å². The van der Waals surface area contributed by atoms with Gasteiger partial charge in [-0.15, -0.1) is 0 Å². The number of phosphoric acid groups is 2. The second-order valence-corrected chi connectivity index (χ2v) is 31.4. The lowest BCUT2D eigenvalue weighted by Gasteiger charge is -2.21. The molecule has 0 aliphatic carbocycles. The molecule has 0 rings (SSSR count). The van der Waals surface area contributed by atoms with E-state index in [0.717, 1.165) is 114 Å². The molecule has 0 heterocycles. The van der Waals surface area contributed by atoms with E-state index in [-0.39, 0.29) is 25.7 Å². The molecule has 3 N–H and O–H groups in total. The molecule has 5 unspecified atom stereocenters. The van der Waals surface area contributed by atoms with E-state index >= 15 is 0 Å². The van der Waals surface area contributed by atoms with E-state index < -0.39 is 97.5 Å². The number of ether oxygens (including phenoxy) is 4. The fourth-order valence-electron chi connectivity index (χ4n) is 11.3. The van der Waals surface area contributed by atoms with Gasteiger partial charge in [0.25, 0.3) is 0 Å². The van der Waals surface area contributed by atoms with Gasteiger partial charge in [0.2, 0.25) is 0 Å². The lowest BCUT2D eigenvalue weighted by Crippen LogP contribution is -2.30. The van der Waals surface area contributed by atoms with E-state index in [0.29, 0.717) is 31.6 Å². The van der Waals surface area contributed by atoms with Crippen LogP contribution in [-0.2, 0) is 65.4 Å². The molecule has 0 spiro atoms. The summed E-state index contributed by atoms with van der Waals surface area (Å²) in [5.41, 5.74) is 0. The van der Waals surface area contributed by atoms with Crippen molar-refractivity contribution in [2.24, 2.45) is 23.7 Å². The summed E-state index contributed by atoms with van der Waals surface area (Å²) in [5.74, 6) is 0.974. The van der Waals surface area contributed by atoms with E-state index in [2.05, 4.69) is 55.4 Å². The Morgan fingerprint density at radius 3 is 0.755 bits per heavy atom. The van der Waals surface area contributed by atoms with E-state index in [1.807, 2.05) is 0 Å². The first-order chi connectivity index (χ1) is 45.2. The number of carbonyl (C=O) groups excluding carboxylic acids is 4. The Hall–Kier alpha value is -1.94. The van der Waals surface area contributed by atoms with Crippen LogP contribution in [-0.4, -0.2) is 96.7 Å². The molecule has 0 radical (unpaired) electrons. The van der Waals surface area contributed by atoms with Crippen molar-refractivity contribution < 1.29 is 80.2 Å². The highest BCUT2D eigenvalue weighted by Gasteiger charge is 2.30. The largest absolute Gasteiger partial charge is 0.472 e. The van der Waals surface area contributed by atoms with Crippen LogP contribution >= 0.6 is 15.6 Å². The molecule has 7 atom stereocenters. The maximum absolute atomic E-state index is 13.1. The van der Waals surface area contributed by atoms with E-state index in [1.54, 1.807) is 0 Å². The molecule has 0 bridgehead atoms. The number of carbonyl (C=O) groups is 4. The molecule has 94 heavy (non-hydrogen) atoms. The molecule has 0 aromatic rings. The molecule has 0 saturated carbocycles. The zero-order chi connectivity index (χ0) is 69.6. The first-order valence-electron chi connectivity index (χ1n) is 38.8. The van der Waals surface area contributed by atoms with Gasteiger partial charge in [-0.1, -0.05) is 325 Å². The van der Waals surface area contributed by atoms with Gasteiger partial charge in [0.05, 0.1) is 26.4 Å². The van der Waals surface area contributed by atoms with E-state index in [1.165, 1.54) is 173 Å². The summed E-state index contributed by atoms with van der Waals surface area (Å²) < 4.78 is 68.5. The fourth-order valence-corrected chi connectivity index (χ4v) is 12.9. The number of hydrogen-bond acceptors (Lipinski definition) is 15. The zero-order valence-electron chi connectivity index (χ0n) is 61.6. The number of esters is 4. The Kier molecular flexibility index (Phi) is 63.1. The number of aliphatic hydroxyl groups excluding tert-OH is 1. The van der Waals surface area contributed by atoms with Crippen molar-refractivity contribution in [3.8, 4) is 0 Å². The Morgan fingerprint density at radius 1 is 0.298 bits per heavy atom. The first kappa shape index (κ1) is 92.1. The topological polar surface area (TPSA) is 237 Å². The van der Waals surface area contributed by atoms with Gasteiger partial charge in [0, 0.05) is 25.7 Å². The second-order valence-electron chi connectivity index (χ2n) is 28.5. The van der Waals surface area contributed by atoms with Crippen LogP contribution in [0.2, 0.25) is 0 Å². The molecule has 19 heteroatoms. The molecule has 0 aromatic carbocycles. The van der Waals surface area contributed by atoms with Gasteiger partial charge in [-0.25, -0.2) is 9.13 Å². The summed E-state index contributed by atoms with van der Waals surface area (Å²) in [6.07, 6.45) is 48.5. The average molecular weight is 1380 g/mol. The summed E-state index contributed by atoms with van der Waals surface area (Å²) in [7, 11) is -9.91. The minimum atomic E-state index is -4.96. The summed E-state index contributed by atoms with van der Waals surface area (Å²) in [6.45, 7) is 14.2. The van der Waals surface area contributed by atoms with Crippen LogP contribution in [0.15, 0.2) is 0 Å². The third-order valence-corrected chi connectivity index (χ3v) is 19.9. The molecule has 0 aliphatic rings. The van der Waals surface area contributed by atoms with Gasteiger partial charge in [-0.05, 0) is 49.4 Å². The van der Waals surface area contributed by atoms with Crippen molar-refractivity contribution in [3.63, 3.8) is 0 Å². The van der Waals surface area contributed by atoms with E-state index in [9.17, 15) is 43.2 Å². The second kappa shape index (κ2) is 64.4. The lowest BCUT2D eigenvalue weighted by molar-refractivity contribution is -0.161. The van der Waals surface area contributed by atoms with Crippen LogP contribution in [0.3, 0.4) is 0 Å². The maximum atomic E-state index is 13.1. The molecule has 0 aliphatic heterocycles. The Morgan fingerprint density at radius 2 is 0.511 bits per heavy atom. The fraction of sp³-hybridized carbons (Fsp3) is 0.947. The number of rotatable bonds is 72. The molecule has 0 aromatic heterocycles. The van der Waals surface area contributed by atoms with Crippen LogP contribution in [0.1, 0.15) is 376 Å². The van der Waals surface area contributed by atoms with Crippen molar-refractivity contribution >= 4 is 39.5 Å². The third-order valence-electron chi connectivity index (χ3n) is 18.0. The lowest BCUT2D eigenvalue weighted by atomic mass is 9.99. The smallest absolute Gasteiger partial charge is 0.462 e. The standard InChI is InChI=1S/C75H146O17P2/c1-9-67(7)53-45-37-29-21-15-13-11-12-14-16-24-32-41-49-57-74(79)91-70(61-85-72(77)55-47-39-31-23-18-17-22-30-38-46-54-68(8)10-2)63-89-93(81,82)87-59-69(76)60-88-94(83,84)90-64-71(62-86-73(78)56-48-40-34-26-28-36-44-52-66(5)6)92-75(80)58-50-42-33-25-19-20-27-35-43-51-65(3)4/h65-71,76H,9-64H2,1-8H3,(H,81,82)(H,83,84)/t67?,68?,69?,70-,71-/m1/s1. The van der Waals surface area contributed by atoms with Crippen LogP contribution in [0.4, 0.5) is 0 Å². The van der Waals surface area contributed by atoms with Gasteiger partial charge < -0.3 is 33.8 Å². The van der Waals surface area contributed by atoms with Gasteiger partial charge in [-0.2, -0.15) is 0 Å². The highest BCUT2D eigenvalue weighted by molar-refractivity contribution is 7.47. The quantitative estimate of drug-likeness (QED) is 0.0222. The number of unbranched alkanes of at least 4 members (excludes halogenated alkanes) is 36. The molecule has 558 valence electrons. The van der Waals surface area contributed by atoms with Crippen LogP contribution in [0.25, 0.3) is 0 Å². The summed E-state index contributed by atoms with van der Waals surface area (Å²) in [5, 5.41) is 10.6. The van der Waals surface area contributed by atoms with Crippen LogP contribution < -0.4 is 0 Å². The predicted molar refractivity (Wildman–Crippen MR) is 381 cm³/mol. The van der Waals surface area contributed by atoms with Crippen molar-refractivity contribution in [3.05, 3.63) is 0 Å². The van der Waals surface area contributed by atoms with Gasteiger partial charge >= 0.3 is 39.5 Å².